The van der Waals surface area contributed by atoms with Crippen molar-refractivity contribution in [3.8, 4) is 11.5 Å². The maximum atomic E-state index is 5.56. The Morgan fingerprint density at radius 3 is 2.25 bits per heavy atom. The third kappa shape index (κ3) is 4.42. The summed E-state index contributed by atoms with van der Waals surface area (Å²) in [5.74, 6) is 1.83. The molecule has 2 aliphatic heterocycles. The number of hydrogen-bond donors (Lipinski definition) is 2. The SMILES string of the molecule is COc1ccc(C[NH+]2CCC([NH+]3CCCCCC3)CC2)c(OC)c1. The maximum absolute atomic E-state index is 5.56. The number of rotatable bonds is 5. The van der Waals surface area contributed by atoms with Crippen LogP contribution in [0.15, 0.2) is 18.2 Å². The van der Waals surface area contributed by atoms with Gasteiger partial charge in [-0.1, -0.05) is 0 Å². The molecular weight excluding hydrogens is 300 g/mol. The van der Waals surface area contributed by atoms with Crippen LogP contribution in [0, 0.1) is 0 Å². The summed E-state index contributed by atoms with van der Waals surface area (Å²) >= 11 is 0. The van der Waals surface area contributed by atoms with E-state index in [0.29, 0.717) is 0 Å². The quantitative estimate of drug-likeness (QED) is 0.830. The van der Waals surface area contributed by atoms with Gasteiger partial charge in [-0.2, -0.15) is 0 Å². The van der Waals surface area contributed by atoms with Crippen molar-refractivity contribution in [2.75, 3.05) is 40.4 Å². The van der Waals surface area contributed by atoms with E-state index in [2.05, 4.69) is 6.07 Å². The van der Waals surface area contributed by atoms with Gasteiger partial charge in [-0.15, -0.1) is 0 Å². The van der Waals surface area contributed by atoms with Crippen LogP contribution in [0.1, 0.15) is 44.1 Å². The summed E-state index contributed by atoms with van der Waals surface area (Å²) in [4.78, 5) is 3.59. The highest BCUT2D eigenvalue weighted by Crippen LogP contribution is 2.23. The van der Waals surface area contributed by atoms with Gasteiger partial charge in [-0.25, -0.2) is 0 Å². The molecule has 134 valence electrons. The first-order chi connectivity index (χ1) is 11.8. The van der Waals surface area contributed by atoms with Crippen LogP contribution >= 0.6 is 0 Å². The van der Waals surface area contributed by atoms with Crippen LogP contribution in [0.25, 0.3) is 0 Å². The van der Waals surface area contributed by atoms with Gasteiger partial charge in [0.1, 0.15) is 18.0 Å². The Morgan fingerprint density at radius 1 is 0.917 bits per heavy atom. The first-order valence-corrected chi connectivity index (χ1v) is 9.69. The van der Waals surface area contributed by atoms with E-state index < -0.39 is 0 Å². The van der Waals surface area contributed by atoms with Crippen molar-refractivity contribution in [2.24, 2.45) is 0 Å². The lowest BCUT2D eigenvalue weighted by Gasteiger charge is -2.34. The molecule has 3 rings (SSSR count). The Bertz CT molecular complexity index is 504. The molecule has 2 aliphatic rings. The zero-order valence-corrected chi connectivity index (χ0v) is 15.4. The van der Waals surface area contributed by atoms with Crippen molar-refractivity contribution in [3.63, 3.8) is 0 Å². The van der Waals surface area contributed by atoms with Crippen molar-refractivity contribution in [3.05, 3.63) is 23.8 Å². The van der Waals surface area contributed by atoms with Crippen molar-refractivity contribution < 1.29 is 19.3 Å². The average molecular weight is 335 g/mol. The van der Waals surface area contributed by atoms with Crippen LogP contribution in [0.2, 0.25) is 0 Å². The molecule has 1 aromatic carbocycles. The predicted octanol–water partition coefficient (Wildman–Crippen LogP) is 0.710. The van der Waals surface area contributed by atoms with Crippen LogP contribution in [-0.2, 0) is 6.54 Å². The first-order valence-electron chi connectivity index (χ1n) is 9.69. The number of likely N-dealkylation sites (tertiary alicyclic amines) is 2. The van der Waals surface area contributed by atoms with Gasteiger partial charge in [0.05, 0.1) is 46.4 Å². The van der Waals surface area contributed by atoms with Crippen LogP contribution in [-0.4, -0.2) is 46.4 Å². The number of ether oxygens (including phenoxy) is 2. The van der Waals surface area contributed by atoms with Crippen molar-refractivity contribution in [1.82, 2.24) is 0 Å². The lowest BCUT2D eigenvalue weighted by atomic mass is 10.0. The highest BCUT2D eigenvalue weighted by atomic mass is 16.5. The molecule has 24 heavy (non-hydrogen) atoms. The highest BCUT2D eigenvalue weighted by molar-refractivity contribution is 5.40. The normalized spacial score (nSPS) is 25.9. The Morgan fingerprint density at radius 2 is 1.62 bits per heavy atom. The Kier molecular flexibility index (Phi) is 6.38. The van der Waals surface area contributed by atoms with Crippen molar-refractivity contribution >= 4 is 0 Å². The summed E-state index contributed by atoms with van der Waals surface area (Å²) in [5.41, 5.74) is 1.30. The molecule has 1 aromatic rings. The monoisotopic (exact) mass is 334 g/mol. The molecule has 2 N–H and O–H groups in total. The Balaban J connectivity index is 1.53. The van der Waals surface area contributed by atoms with E-state index in [4.69, 9.17) is 9.47 Å². The fraction of sp³-hybridized carbons (Fsp3) is 0.700. The summed E-state index contributed by atoms with van der Waals surface area (Å²) in [5, 5.41) is 0. The molecule has 2 fully saturated rings. The van der Waals surface area contributed by atoms with E-state index in [1.165, 1.54) is 70.3 Å². The molecule has 0 saturated carbocycles. The lowest BCUT2D eigenvalue weighted by molar-refractivity contribution is -0.963. The summed E-state index contributed by atoms with van der Waals surface area (Å²) in [6.45, 7) is 6.47. The first kappa shape index (κ1) is 17.6. The summed E-state index contributed by atoms with van der Waals surface area (Å²) < 4.78 is 10.9. The summed E-state index contributed by atoms with van der Waals surface area (Å²) in [6, 6.07) is 7.12. The molecule has 4 nitrogen and oxygen atoms in total. The van der Waals surface area contributed by atoms with Gasteiger partial charge in [0.25, 0.3) is 0 Å². The van der Waals surface area contributed by atoms with Crippen LogP contribution in [0.5, 0.6) is 11.5 Å². The second kappa shape index (κ2) is 8.72. The van der Waals surface area contributed by atoms with Crippen LogP contribution in [0.3, 0.4) is 0 Å². The molecule has 0 atom stereocenters. The zero-order chi connectivity index (χ0) is 16.8. The second-order valence-corrected chi connectivity index (χ2v) is 7.45. The molecule has 0 bridgehead atoms. The molecule has 0 radical (unpaired) electrons. The van der Waals surface area contributed by atoms with E-state index in [-0.39, 0.29) is 0 Å². The number of methoxy groups -OCH3 is 2. The third-order valence-corrected chi connectivity index (χ3v) is 5.95. The minimum absolute atomic E-state index is 0.870. The number of hydrogen-bond acceptors (Lipinski definition) is 2. The zero-order valence-electron chi connectivity index (χ0n) is 15.4. The minimum atomic E-state index is 0.870. The van der Waals surface area contributed by atoms with Gasteiger partial charge in [0.15, 0.2) is 0 Å². The largest absolute Gasteiger partial charge is 0.497 e. The molecular formula is C20H34N2O2+2. The van der Waals surface area contributed by atoms with Gasteiger partial charge >= 0.3 is 0 Å². The summed E-state index contributed by atoms with van der Waals surface area (Å²) in [6.07, 6.45) is 8.53. The highest BCUT2D eigenvalue weighted by Gasteiger charge is 2.30. The maximum Gasteiger partial charge on any atom is 0.131 e. The van der Waals surface area contributed by atoms with Gasteiger partial charge in [0.2, 0.25) is 0 Å². The Hall–Kier alpha value is -1.26. The number of nitrogens with one attached hydrogen (secondary N) is 2. The van der Waals surface area contributed by atoms with Crippen molar-refractivity contribution in [1.29, 1.82) is 0 Å². The molecule has 0 spiro atoms. The molecule has 4 heteroatoms. The standard InChI is InChI=1S/C20H32N2O2/c1-23-19-8-7-17(20(15-19)24-2)16-21-13-9-18(10-14-21)22-11-5-3-4-6-12-22/h7-8,15,18H,3-6,9-14,16H2,1-2H3/p+2. The second-order valence-electron chi connectivity index (χ2n) is 7.45. The number of benzene rings is 1. The van der Waals surface area contributed by atoms with Gasteiger partial charge < -0.3 is 19.3 Å². The molecule has 0 amide bonds. The smallest absolute Gasteiger partial charge is 0.131 e. The fourth-order valence-electron chi connectivity index (χ4n) is 4.47. The Labute approximate surface area is 146 Å². The lowest BCUT2D eigenvalue weighted by Crippen LogP contribution is -3.20. The minimum Gasteiger partial charge on any atom is -0.497 e. The predicted molar refractivity (Wildman–Crippen MR) is 96.1 cm³/mol. The molecule has 2 heterocycles. The topological polar surface area (TPSA) is 27.3 Å². The molecule has 0 unspecified atom stereocenters. The third-order valence-electron chi connectivity index (χ3n) is 5.95. The van der Waals surface area contributed by atoms with E-state index in [1.54, 1.807) is 19.1 Å². The number of piperidine rings is 1. The van der Waals surface area contributed by atoms with E-state index in [1.807, 2.05) is 17.0 Å². The van der Waals surface area contributed by atoms with E-state index in [9.17, 15) is 0 Å². The van der Waals surface area contributed by atoms with Gasteiger partial charge in [-0.3, -0.25) is 0 Å². The average Bonchev–Trinajstić information content (AvgIpc) is 2.92. The van der Waals surface area contributed by atoms with Crippen molar-refractivity contribution in [2.45, 2.75) is 51.1 Å². The van der Waals surface area contributed by atoms with Crippen LogP contribution in [0.4, 0.5) is 0 Å². The fourth-order valence-corrected chi connectivity index (χ4v) is 4.47. The van der Waals surface area contributed by atoms with E-state index in [0.717, 1.165) is 24.1 Å². The van der Waals surface area contributed by atoms with Gasteiger partial charge in [0, 0.05) is 24.5 Å². The molecule has 2 saturated heterocycles. The molecule has 0 aliphatic carbocycles. The van der Waals surface area contributed by atoms with Gasteiger partial charge in [-0.05, 0) is 37.8 Å². The van der Waals surface area contributed by atoms with E-state index >= 15 is 0 Å². The summed E-state index contributed by atoms with van der Waals surface area (Å²) in [7, 11) is 3.46. The molecule has 0 aromatic heterocycles. The van der Waals surface area contributed by atoms with Crippen LogP contribution < -0.4 is 19.3 Å². The number of quaternary nitrogens is 2.